The summed E-state index contributed by atoms with van der Waals surface area (Å²) in [5.74, 6) is 0.395. The molecule has 0 heterocycles. The smallest absolute Gasteiger partial charge is 0.0654 e. The van der Waals surface area contributed by atoms with Crippen molar-refractivity contribution in [2.24, 2.45) is 0 Å². The Bertz CT molecular complexity index is 1340. The van der Waals surface area contributed by atoms with Gasteiger partial charge in [0.15, 0.2) is 0 Å². The van der Waals surface area contributed by atoms with Crippen LogP contribution in [0.25, 0.3) is 0 Å². The summed E-state index contributed by atoms with van der Waals surface area (Å²) < 4.78 is 0. The Hall–Kier alpha value is -1.51. The van der Waals surface area contributed by atoms with E-state index >= 15 is 0 Å². The van der Waals surface area contributed by atoms with E-state index in [1.165, 1.54) is 136 Å². The van der Waals surface area contributed by atoms with Crippen LogP contribution in [0.4, 0.5) is 0 Å². The molecule has 322 valence electrons. The number of hydrogen-bond acceptors (Lipinski definition) is 3. The molecular formula is C52H91O3P. The second-order valence-electron chi connectivity index (χ2n) is 19.8. The Morgan fingerprint density at radius 3 is 1.34 bits per heavy atom. The Morgan fingerprint density at radius 2 is 0.929 bits per heavy atom. The summed E-state index contributed by atoms with van der Waals surface area (Å²) in [7, 11) is -4.77. The molecule has 56 heavy (non-hydrogen) atoms. The summed E-state index contributed by atoms with van der Waals surface area (Å²) in [5, 5.41) is 0.545. The third-order valence-electron chi connectivity index (χ3n) is 12.1. The number of rotatable bonds is 29. The minimum Gasteiger partial charge on any atom is -0.0654 e. The van der Waals surface area contributed by atoms with Gasteiger partial charge in [0.1, 0.15) is 0 Å². The van der Waals surface area contributed by atoms with Crippen molar-refractivity contribution in [1.29, 1.82) is 0 Å². The van der Waals surface area contributed by atoms with Gasteiger partial charge in [0.2, 0.25) is 0 Å². The summed E-state index contributed by atoms with van der Waals surface area (Å²) in [6, 6.07) is 14.3. The minimum atomic E-state index is -4.77. The molecule has 0 fully saturated rings. The number of allylic oxidation sites excluding steroid dienone is 2. The maximum absolute atomic E-state index is 11.2. The second kappa shape index (κ2) is 25.2. The topological polar surface area (TPSA) is 60.7 Å². The van der Waals surface area contributed by atoms with Crippen LogP contribution in [0.5, 0.6) is 0 Å². The van der Waals surface area contributed by atoms with Crippen LogP contribution in [0.2, 0.25) is 0 Å². The third-order valence-corrected chi connectivity index (χ3v) is 14.9. The number of aryl methyl sites for hydroxylation is 2. The zero-order valence-electron chi connectivity index (χ0n) is 38.6. The molecule has 0 bridgehead atoms. The molecule has 2 aromatic rings. The molecule has 0 amide bonds. The first kappa shape index (κ1) is 50.6. The van der Waals surface area contributed by atoms with Crippen LogP contribution in [-0.2, 0) is 10.8 Å². The van der Waals surface area contributed by atoms with Crippen LogP contribution < -0.4 is 0 Å². The van der Waals surface area contributed by atoms with Gasteiger partial charge in [-0.2, -0.15) is 0 Å². The normalized spacial score (nSPS) is 13.8. The fraction of sp³-hybridized carbons (Fsp3) is 0.731. The Kier molecular flexibility index (Phi) is 22.8. The van der Waals surface area contributed by atoms with Gasteiger partial charge in [0.25, 0.3) is 0 Å². The summed E-state index contributed by atoms with van der Waals surface area (Å²) in [6.45, 7) is 23.0. The van der Waals surface area contributed by atoms with Crippen LogP contribution in [-0.4, -0.2) is 20.8 Å². The van der Waals surface area contributed by atoms with E-state index in [0.29, 0.717) is 24.1 Å². The average Bonchev–Trinajstić information content (AvgIpc) is 3.11. The Balaban J connectivity index is 1.82. The fourth-order valence-electron chi connectivity index (χ4n) is 8.72. The average molecular weight is 795 g/mol. The van der Waals surface area contributed by atoms with Crippen LogP contribution in [0, 0.1) is 13.8 Å². The molecule has 0 radical (unpaired) electrons. The van der Waals surface area contributed by atoms with E-state index in [1.54, 1.807) is 0 Å². The van der Waals surface area contributed by atoms with Gasteiger partial charge in [-0.05, 0) is 46.9 Å². The van der Waals surface area contributed by atoms with E-state index in [0.717, 1.165) is 38.5 Å². The summed E-state index contributed by atoms with van der Waals surface area (Å²) in [4.78, 5) is 33.6. The van der Waals surface area contributed by atoms with Gasteiger partial charge < -0.3 is 0 Å². The third kappa shape index (κ3) is 19.0. The zero-order chi connectivity index (χ0) is 41.7. The maximum atomic E-state index is 11.2. The van der Waals surface area contributed by atoms with E-state index in [-0.39, 0.29) is 17.0 Å². The molecule has 2 aromatic carbocycles. The van der Waals surface area contributed by atoms with Crippen molar-refractivity contribution in [3.63, 3.8) is 0 Å². The van der Waals surface area contributed by atoms with Crippen LogP contribution in [0.1, 0.15) is 249 Å². The first-order valence-corrected chi connectivity index (χ1v) is 25.8. The van der Waals surface area contributed by atoms with Crippen molar-refractivity contribution in [3.8, 4) is 0 Å². The Labute approximate surface area is 348 Å². The van der Waals surface area contributed by atoms with Crippen molar-refractivity contribution >= 4 is 7.28 Å². The predicted octanol–water partition coefficient (Wildman–Crippen LogP) is 16.6. The SMILES string of the molecule is CCCC=C(CCCCCCCCCCCC(c1cc(C)ccc1C(C)(C)C)c1cc(C)ccc1C(C)(C)C)P(O)(O)(O)CCCCCCCCCCCCC. The van der Waals surface area contributed by atoms with Gasteiger partial charge >= 0.3 is 201 Å². The molecule has 0 aromatic heterocycles. The van der Waals surface area contributed by atoms with E-state index in [9.17, 15) is 14.7 Å². The molecule has 0 spiro atoms. The van der Waals surface area contributed by atoms with Crippen LogP contribution >= 0.6 is 7.28 Å². The Morgan fingerprint density at radius 1 is 0.536 bits per heavy atom. The van der Waals surface area contributed by atoms with Crippen molar-refractivity contribution in [2.75, 3.05) is 6.16 Å². The van der Waals surface area contributed by atoms with Crippen molar-refractivity contribution in [3.05, 3.63) is 81.2 Å². The molecule has 0 atom stereocenters. The van der Waals surface area contributed by atoms with Gasteiger partial charge in [-0.3, -0.25) is 0 Å². The number of hydrogen-bond donors (Lipinski definition) is 3. The molecule has 4 heteroatoms. The van der Waals surface area contributed by atoms with Crippen LogP contribution in [0.3, 0.4) is 0 Å². The van der Waals surface area contributed by atoms with E-state index in [1.807, 2.05) is 6.08 Å². The van der Waals surface area contributed by atoms with E-state index in [4.69, 9.17) is 0 Å². The fourth-order valence-corrected chi connectivity index (χ4v) is 10.9. The molecule has 3 nitrogen and oxygen atoms in total. The second-order valence-corrected chi connectivity index (χ2v) is 23.2. The molecule has 0 aliphatic carbocycles. The van der Waals surface area contributed by atoms with Crippen molar-refractivity contribution in [2.45, 2.75) is 240 Å². The van der Waals surface area contributed by atoms with E-state index in [2.05, 4.69) is 106 Å². The molecular weight excluding hydrogens is 704 g/mol. The number of benzene rings is 2. The van der Waals surface area contributed by atoms with Crippen LogP contribution in [0.15, 0.2) is 47.8 Å². The van der Waals surface area contributed by atoms with Crippen molar-refractivity contribution in [1.82, 2.24) is 0 Å². The number of unbranched alkanes of at least 4 members (excludes halogenated alkanes) is 19. The summed E-state index contributed by atoms with van der Waals surface area (Å²) in [5.41, 5.74) is 8.87. The van der Waals surface area contributed by atoms with Gasteiger partial charge in [-0.1, -0.05) is 96.0 Å². The molecule has 0 saturated carbocycles. The first-order valence-electron chi connectivity index (χ1n) is 23.6. The van der Waals surface area contributed by atoms with Gasteiger partial charge in [0.05, 0.1) is 0 Å². The van der Waals surface area contributed by atoms with Crippen molar-refractivity contribution < 1.29 is 14.7 Å². The monoisotopic (exact) mass is 795 g/mol. The summed E-state index contributed by atoms with van der Waals surface area (Å²) in [6.07, 6.45) is 29.6. The molecule has 0 aliphatic rings. The van der Waals surface area contributed by atoms with E-state index < -0.39 is 7.28 Å². The molecule has 3 N–H and O–H groups in total. The standard InChI is InChI=1S/C52H91O3P/c1-11-13-15-16-17-18-19-23-26-29-32-40-56(53,54,55)45(33-14-12-2)34-30-27-24-21-20-22-25-28-31-35-46(47-41-43(3)36-38-49(47)51(5,6)7)48-42-44(4)37-39-50(48)52(8,9)10/h33,36-39,41-42,46,53-55H,11-32,34-35,40H2,1-10H3. The molecule has 2 rings (SSSR count). The molecule has 0 unspecified atom stereocenters. The quantitative estimate of drug-likeness (QED) is 0.0568. The van der Waals surface area contributed by atoms with Gasteiger partial charge in [-0.15, -0.1) is 0 Å². The first-order chi connectivity index (χ1) is 26.4. The van der Waals surface area contributed by atoms with Gasteiger partial charge in [-0.25, -0.2) is 0 Å². The van der Waals surface area contributed by atoms with Gasteiger partial charge in [0, 0.05) is 5.92 Å². The molecule has 0 saturated heterocycles. The predicted molar refractivity (Wildman–Crippen MR) is 250 cm³/mol. The summed E-state index contributed by atoms with van der Waals surface area (Å²) >= 11 is 0. The molecule has 0 aliphatic heterocycles. The minimum absolute atomic E-state index is 0.0905. The zero-order valence-corrected chi connectivity index (χ0v) is 39.5.